The Hall–Kier alpha value is -1.59. The number of carbonyl (C=O) groups is 1. The minimum absolute atomic E-state index is 0.190. The van der Waals surface area contributed by atoms with Crippen LogP contribution in [0.4, 0.5) is 0 Å². The Morgan fingerprint density at radius 1 is 1.50 bits per heavy atom. The molecule has 0 saturated carbocycles. The first-order valence-corrected chi connectivity index (χ1v) is 5.68. The van der Waals surface area contributed by atoms with E-state index in [1.54, 1.807) is 24.3 Å². The number of nitrogens with one attached hydrogen (secondary N) is 1. The number of furan rings is 1. The Labute approximate surface area is 96.5 Å². The first kappa shape index (κ1) is 10.9. The monoisotopic (exact) mass is 237 g/mol. The normalized spacial score (nSPS) is 12.3. The molecule has 84 valence electrons. The molecular formula is C11H11NO3S. The fraction of sp³-hybridized carbons (Fsp3) is 0.182. The molecule has 0 radical (unpaired) electrons. The highest BCUT2D eigenvalue weighted by Crippen LogP contribution is 2.15. The average Bonchev–Trinajstić information content (AvgIpc) is 2.96. The van der Waals surface area contributed by atoms with Gasteiger partial charge >= 0.3 is 0 Å². The van der Waals surface area contributed by atoms with E-state index in [9.17, 15) is 9.90 Å². The third-order valence-electron chi connectivity index (χ3n) is 2.12. The van der Waals surface area contributed by atoms with Gasteiger partial charge in [-0.25, -0.2) is 0 Å². The number of hydrogen-bond acceptors (Lipinski definition) is 4. The summed E-state index contributed by atoms with van der Waals surface area (Å²) in [6.07, 6.45) is 1.51. The second-order valence-corrected chi connectivity index (χ2v) is 4.15. The van der Waals surface area contributed by atoms with E-state index >= 15 is 0 Å². The third kappa shape index (κ3) is 2.32. The van der Waals surface area contributed by atoms with Crippen molar-refractivity contribution in [3.63, 3.8) is 0 Å². The number of rotatable bonds is 4. The van der Waals surface area contributed by atoms with Gasteiger partial charge in [-0.2, -0.15) is 0 Å². The summed E-state index contributed by atoms with van der Waals surface area (Å²) in [5.74, 6) is 0.345. The molecule has 1 amide bonds. The molecule has 2 aromatic rings. The zero-order valence-corrected chi connectivity index (χ0v) is 9.24. The second-order valence-electron chi connectivity index (χ2n) is 3.20. The molecule has 2 aromatic heterocycles. The van der Waals surface area contributed by atoms with Crippen LogP contribution in [0.25, 0.3) is 0 Å². The Morgan fingerprint density at radius 3 is 2.94 bits per heavy atom. The lowest BCUT2D eigenvalue weighted by atomic mass is 10.2. The molecule has 2 N–H and O–H groups in total. The van der Waals surface area contributed by atoms with Crippen LogP contribution in [0.5, 0.6) is 0 Å². The first-order chi connectivity index (χ1) is 7.81. The highest BCUT2D eigenvalue weighted by Gasteiger charge is 2.17. The van der Waals surface area contributed by atoms with Gasteiger partial charge in [0.2, 0.25) is 0 Å². The topological polar surface area (TPSA) is 62.5 Å². The van der Waals surface area contributed by atoms with Gasteiger partial charge in [-0.3, -0.25) is 4.79 Å². The van der Waals surface area contributed by atoms with Gasteiger partial charge in [0, 0.05) is 0 Å². The van der Waals surface area contributed by atoms with E-state index in [4.69, 9.17) is 4.42 Å². The van der Waals surface area contributed by atoms with Crippen molar-refractivity contribution < 1.29 is 14.3 Å². The van der Waals surface area contributed by atoms with Gasteiger partial charge in [0.25, 0.3) is 5.91 Å². The van der Waals surface area contributed by atoms with E-state index in [0.717, 1.165) is 0 Å². The molecule has 0 aromatic carbocycles. The maximum Gasteiger partial charge on any atom is 0.262 e. The molecule has 0 fully saturated rings. The van der Waals surface area contributed by atoms with E-state index in [2.05, 4.69) is 5.32 Å². The third-order valence-corrected chi connectivity index (χ3v) is 2.99. The van der Waals surface area contributed by atoms with Crippen LogP contribution in [0.3, 0.4) is 0 Å². The number of amides is 1. The predicted molar refractivity (Wildman–Crippen MR) is 60.3 cm³/mol. The van der Waals surface area contributed by atoms with Gasteiger partial charge in [0.1, 0.15) is 11.8 Å². The molecule has 0 bridgehead atoms. The van der Waals surface area contributed by atoms with E-state index in [-0.39, 0.29) is 12.5 Å². The molecule has 2 rings (SSSR count). The smallest absolute Gasteiger partial charge is 0.262 e. The Morgan fingerprint density at radius 2 is 2.38 bits per heavy atom. The van der Waals surface area contributed by atoms with Crippen molar-refractivity contribution in [2.24, 2.45) is 0 Å². The van der Waals surface area contributed by atoms with Gasteiger partial charge in [-0.1, -0.05) is 6.07 Å². The van der Waals surface area contributed by atoms with E-state index < -0.39 is 6.04 Å². The van der Waals surface area contributed by atoms with Crippen molar-refractivity contribution in [3.8, 4) is 0 Å². The van der Waals surface area contributed by atoms with Crippen molar-refractivity contribution in [1.29, 1.82) is 0 Å². The maximum atomic E-state index is 11.7. The molecule has 16 heavy (non-hydrogen) atoms. The van der Waals surface area contributed by atoms with Crippen LogP contribution in [0.15, 0.2) is 40.3 Å². The molecule has 1 unspecified atom stereocenters. The molecule has 1 atom stereocenters. The number of carbonyl (C=O) groups excluding carboxylic acids is 1. The molecule has 0 aliphatic carbocycles. The summed E-state index contributed by atoms with van der Waals surface area (Å²) in [5.41, 5.74) is 0. The van der Waals surface area contributed by atoms with Gasteiger partial charge in [0.05, 0.1) is 17.7 Å². The minimum Gasteiger partial charge on any atom is -0.467 e. The molecule has 0 aliphatic heterocycles. The molecule has 0 aliphatic rings. The zero-order chi connectivity index (χ0) is 11.4. The minimum atomic E-state index is -0.496. The van der Waals surface area contributed by atoms with Crippen LogP contribution in [0.2, 0.25) is 0 Å². The highest BCUT2D eigenvalue weighted by molar-refractivity contribution is 7.12. The van der Waals surface area contributed by atoms with Gasteiger partial charge in [-0.15, -0.1) is 11.3 Å². The maximum absolute atomic E-state index is 11.7. The fourth-order valence-electron chi connectivity index (χ4n) is 1.33. The summed E-state index contributed by atoms with van der Waals surface area (Å²) in [6.45, 7) is -0.190. The largest absolute Gasteiger partial charge is 0.467 e. The summed E-state index contributed by atoms with van der Waals surface area (Å²) in [7, 11) is 0. The highest BCUT2D eigenvalue weighted by atomic mass is 32.1. The zero-order valence-electron chi connectivity index (χ0n) is 8.42. The van der Waals surface area contributed by atoms with E-state index in [1.165, 1.54) is 17.6 Å². The summed E-state index contributed by atoms with van der Waals surface area (Å²) >= 11 is 1.36. The summed E-state index contributed by atoms with van der Waals surface area (Å²) in [5, 5.41) is 13.7. The van der Waals surface area contributed by atoms with Crippen LogP contribution >= 0.6 is 11.3 Å². The summed E-state index contributed by atoms with van der Waals surface area (Å²) < 4.78 is 5.13. The Balaban J connectivity index is 2.05. The quantitative estimate of drug-likeness (QED) is 0.852. The standard InChI is InChI=1S/C11H11NO3S/c13-7-8(9-3-1-5-15-9)12-11(14)10-4-2-6-16-10/h1-6,8,13H,7H2,(H,12,14). The van der Waals surface area contributed by atoms with Gasteiger partial charge in [-0.05, 0) is 23.6 Å². The SMILES string of the molecule is O=C(NC(CO)c1ccco1)c1cccs1. The molecule has 0 spiro atoms. The number of aliphatic hydroxyl groups is 1. The van der Waals surface area contributed by atoms with Gasteiger partial charge < -0.3 is 14.8 Å². The lowest BCUT2D eigenvalue weighted by Gasteiger charge is -2.12. The van der Waals surface area contributed by atoms with Crippen molar-refractivity contribution in [1.82, 2.24) is 5.32 Å². The number of aliphatic hydroxyl groups excluding tert-OH is 1. The molecule has 0 saturated heterocycles. The fourth-order valence-corrected chi connectivity index (χ4v) is 1.96. The summed E-state index contributed by atoms with van der Waals surface area (Å²) in [4.78, 5) is 12.3. The second kappa shape index (κ2) is 4.96. The molecule has 2 heterocycles. The lowest BCUT2D eigenvalue weighted by molar-refractivity contribution is 0.0911. The summed E-state index contributed by atoms with van der Waals surface area (Å²) in [6, 6.07) is 6.48. The van der Waals surface area contributed by atoms with Crippen molar-refractivity contribution in [2.75, 3.05) is 6.61 Å². The average molecular weight is 237 g/mol. The molecule has 4 nitrogen and oxygen atoms in total. The van der Waals surface area contributed by atoms with Crippen molar-refractivity contribution >= 4 is 17.2 Å². The van der Waals surface area contributed by atoms with Crippen LogP contribution in [-0.4, -0.2) is 17.6 Å². The van der Waals surface area contributed by atoms with Crippen LogP contribution in [0, 0.1) is 0 Å². The lowest BCUT2D eigenvalue weighted by Crippen LogP contribution is -2.29. The van der Waals surface area contributed by atoms with Crippen LogP contribution in [0.1, 0.15) is 21.5 Å². The molecule has 5 heteroatoms. The van der Waals surface area contributed by atoms with E-state index in [1.807, 2.05) is 5.38 Å². The number of hydrogen-bond donors (Lipinski definition) is 2. The van der Waals surface area contributed by atoms with Crippen molar-refractivity contribution in [3.05, 3.63) is 46.5 Å². The van der Waals surface area contributed by atoms with Gasteiger partial charge in [0.15, 0.2) is 0 Å². The van der Waals surface area contributed by atoms with Crippen molar-refractivity contribution in [2.45, 2.75) is 6.04 Å². The van der Waals surface area contributed by atoms with Crippen LogP contribution < -0.4 is 5.32 Å². The Kier molecular flexibility index (Phi) is 3.38. The number of thiophene rings is 1. The molecular weight excluding hydrogens is 226 g/mol. The Bertz CT molecular complexity index is 436. The first-order valence-electron chi connectivity index (χ1n) is 4.80. The van der Waals surface area contributed by atoms with Crippen LogP contribution in [-0.2, 0) is 0 Å². The van der Waals surface area contributed by atoms with E-state index in [0.29, 0.717) is 10.6 Å². The predicted octanol–water partition coefficient (Wildman–Crippen LogP) is 1.80.